The van der Waals surface area contributed by atoms with Crippen LogP contribution < -0.4 is 21.7 Å². The number of carbonyl (C=O) groups excluding carboxylic acids is 1. The van der Waals surface area contributed by atoms with Crippen LogP contribution in [-0.4, -0.2) is 29.1 Å². The Kier molecular flexibility index (Phi) is 6.71. The molecule has 7 nitrogen and oxygen atoms in total. The summed E-state index contributed by atoms with van der Waals surface area (Å²) in [5.41, 5.74) is 9.29. The number of benzene rings is 1. The Hall–Kier alpha value is -2.67. The molecule has 0 saturated heterocycles. The molecule has 0 aliphatic rings. The van der Waals surface area contributed by atoms with E-state index in [-0.39, 0.29) is 12.0 Å². The van der Waals surface area contributed by atoms with Crippen LogP contribution in [0.1, 0.15) is 29.7 Å². The molecule has 5 N–H and O–H groups in total. The molecule has 0 spiro atoms. The van der Waals surface area contributed by atoms with Crippen LogP contribution in [0.5, 0.6) is 0 Å². The molecule has 0 radical (unpaired) electrons. The van der Waals surface area contributed by atoms with Gasteiger partial charge in [0.1, 0.15) is 5.82 Å². The van der Waals surface area contributed by atoms with Gasteiger partial charge < -0.3 is 16.4 Å². The SMILES string of the molecule is Cc1cc(NCCCCN)nc(NC(=O)Nc2ccc(C)c(C)c2)n1. The molecule has 0 aliphatic carbocycles. The van der Waals surface area contributed by atoms with Gasteiger partial charge in [-0.15, -0.1) is 0 Å². The van der Waals surface area contributed by atoms with Crippen molar-refractivity contribution in [1.29, 1.82) is 0 Å². The normalized spacial score (nSPS) is 10.4. The van der Waals surface area contributed by atoms with E-state index in [9.17, 15) is 4.79 Å². The number of anilines is 3. The first-order valence-electron chi connectivity index (χ1n) is 8.43. The second kappa shape index (κ2) is 8.98. The smallest absolute Gasteiger partial charge is 0.326 e. The number of aromatic nitrogens is 2. The summed E-state index contributed by atoms with van der Waals surface area (Å²) in [6.45, 7) is 7.35. The third-order valence-corrected chi connectivity index (χ3v) is 3.78. The maximum absolute atomic E-state index is 12.2. The molecule has 134 valence electrons. The summed E-state index contributed by atoms with van der Waals surface area (Å²) in [4.78, 5) is 20.7. The molecule has 1 aromatic carbocycles. The molecule has 0 fully saturated rings. The van der Waals surface area contributed by atoms with Gasteiger partial charge in [0.15, 0.2) is 0 Å². The molecule has 0 saturated carbocycles. The van der Waals surface area contributed by atoms with Crippen LogP contribution >= 0.6 is 0 Å². The summed E-state index contributed by atoms with van der Waals surface area (Å²) in [6.07, 6.45) is 1.93. The number of nitrogens with two attached hydrogens (primary N) is 1. The molecule has 25 heavy (non-hydrogen) atoms. The molecule has 0 bridgehead atoms. The van der Waals surface area contributed by atoms with Gasteiger partial charge in [-0.1, -0.05) is 6.07 Å². The zero-order valence-corrected chi connectivity index (χ0v) is 15.0. The summed E-state index contributed by atoms with van der Waals surface area (Å²) in [5.74, 6) is 0.952. The third-order valence-electron chi connectivity index (χ3n) is 3.78. The van der Waals surface area contributed by atoms with Crippen molar-refractivity contribution < 1.29 is 4.79 Å². The number of hydrogen-bond donors (Lipinski definition) is 4. The van der Waals surface area contributed by atoms with Crippen molar-refractivity contribution >= 4 is 23.5 Å². The van der Waals surface area contributed by atoms with Gasteiger partial charge in [-0.2, -0.15) is 4.98 Å². The number of nitrogens with zero attached hydrogens (tertiary/aromatic N) is 2. The third kappa shape index (κ3) is 6.04. The Morgan fingerprint density at radius 2 is 1.84 bits per heavy atom. The largest absolute Gasteiger partial charge is 0.370 e. The van der Waals surface area contributed by atoms with Gasteiger partial charge in [-0.25, -0.2) is 9.78 Å². The Bertz CT molecular complexity index is 732. The topological polar surface area (TPSA) is 105 Å². The first kappa shape index (κ1) is 18.7. The minimum absolute atomic E-state index is 0.266. The summed E-state index contributed by atoms with van der Waals surface area (Å²) in [5, 5.41) is 8.69. The number of amides is 2. The van der Waals surface area contributed by atoms with Crippen LogP contribution in [-0.2, 0) is 0 Å². The fourth-order valence-corrected chi connectivity index (χ4v) is 2.28. The summed E-state index contributed by atoms with van der Waals surface area (Å²) < 4.78 is 0. The van der Waals surface area contributed by atoms with E-state index in [0.717, 1.165) is 36.3 Å². The molecule has 0 atom stereocenters. The summed E-state index contributed by atoms with van der Waals surface area (Å²) >= 11 is 0. The van der Waals surface area contributed by atoms with E-state index in [2.05, 4.69) is 25.9 Å². The number of aryl methyl sites for hydroxylation is 3. The second-order valence-corrected chi connectivity index (χ2v) is 6.02. The molecule has 2 rings (SSSR count). The maximum atomic E-state index is 12.2. The molecule has 1 aromatic heterocycles. The van der Waals surface area contributed by atoms with Crippen LogP contribution in [0.15, 0.2) is 24.3 Å². The lowest BCUT2D eigenvalue weighted by atomic mass is 10.1. The Morgan fingerprint density at radius 3 is 2.56 bits per heavy atom. The Balaban J connectivity index is 1.97. The fourth-order valence-electron chi connectivity index (χ4n) is 2.28. The molecule has 2 amide bonds. The molecule has 1 heterocycles. The minimum Gasteiger partial charge on any atom is -0.370 e. The van der Waals surface area contributed by atoms with Gasteiger partial charge >= 0.3 is 6.03 Å². The maximum Gasteiger partial charge on any atom is 0.326 e. The highest BCUT2D eigenvalue weighted by atomic mass is 16.2. The van der Waals surface area contributed by atoms with E-state index in [0.29, 0.717) is 12.4 Å². The first-order chi connectivity index (χ1) is 12.0. The van der Waals surface area contributed by atoms with Crippen LogP contribution in [0, 0.1) is 20.8 Å². The van der Waals surface area contributed by atoms with E-state index in [1.54, 1.807) is 0 Å². The van der Waals surface area contributed by atoms with Crippen LogP contribution in [0.4, 0.5) is 22.2 Å². The number of hydrogen-bond acceptors (Lipinski definition) is 5. The monoisotopic (exact) mass is 342 g/mol. The van der Waals surface area contributed by atoms with Crippen molar-refractivity contribution in [3.05, 3.63) is 41.1 Å². The Labute approximate surface area is 148 Å². The Morgan fingerprint density at radius 1 is 1.04 bits per heavy atom. The van der Waals surface area contributed by atoms with E-state index in [1.165, 1.54) is 5.56 Å². The highest BCUT2D eigenvalue weighted by Crippen LogP contribution is 2.15. The van der Waals surface area contributed by atoms with Gasteiger partial charge in [-0.05, 0) is 63.4 Å². The van der Waals surface area contributed by atoms with Gasteiger partial charge in [0.25, 0.3) is 0 Å². The molecule has 0 aliphatic heterocycles. The van der Waals surface area contributed by atoms with Crippen LogP contribution in [0.3, 0.4) is 0 Å². The number of nitrogens with one attached hydrogen (secondary N) is 3. The lowest BCUT2D eigenvalue weighted by Crippen LogP contribution is -2.21. The summed E-state index contributed by atoms with van der Waals surface area (Å²) in [7, 11) is 0. The van der Waals surface area contributed by atoms with Gasteiger partial charge in [-0.3, -0.25) is 5.32 Å². The van der Waals surface area contributed by atoms with Crippen molar-refractivity contribution in [1.82, 2.24) is 9.97 Å². The van der Waals surface area contributed by atoms with Crippen molar-refractivity contribution in [3.8, 4) is 0 Å². The van der Waals surface area contributed by atoms with E-state index in [4.69, 9.17) is 5.73 Å². The van der Waals surface area contributed by atoms with E-state index >= 15 is 0 Å². The van der Waals surface area contributed by atoms with Crippen molar-refractivity contribution in [3.63, 3.8) is 0 Å². The van der Waals surface area contributed by atoms with Crippen molar-refractivity contribution in [2.75, 3.05) is 29.0 Å². The number of rotatable bonds is 7. The highest BCUT2D eigenvalue weighted by Gasteiger charge is 2.08. The average Bonchev–Trinajstić information content (AvgIpc) is 2.54. The highest BCUT2D eigenvalue weighted by molar-refractivity contribution is 5.98. The minimum atomic E-state index is -0.372. The molecular formula is C18H26N6O. The van der Waals surface area contributed by atoms with Crippen LogP contribution in [0.25, 0.3) is 0 Å². The number of unbranched alkanes of at least 4 members (excludes halogenated alkanes) is 1. The first-order valence-corrected chi connectivity index (χ1v) is 8.43. The fraction of sp³-hybridized carbons (Fsp3) is 0.389. The molecule has 7 heteroatoms. The van der Waals surface area contributed by atoms with Gasteiger partial charge in [0.2, 0.25) is 5.95 Å². The molecule has 2 aromatic rings. The number of urea groups is 1. The van der Waals surface area contributed by atoms with E-state index in [1.807, 2.05) is 45.0 Å². The standard InChI is InChI=1S/C18H26N6O/c1-12-6-7-15(10-13(12)2)22-18(25)24-17-21-14(3)11-16(23-17)20-9-5-4-8-19/h6-7,10-11H,4-5,8-9,19H2,1-3H3,(H3,20,21,22,23,24,25). The van der Waals surface area contributed by atoms with Crippen molar-refractivity contribution in [2.45, 2.75) is 33.6 Å². The lowest BCUT2D eigenvalue weighted by Gasteiger charge is -2.11. The lowest BCUT2D eigenvalue weighted by molar-refractivity contribution is 0.262. The predicted octanol–water partition coefficient (Wildman–Crippen LogP) is 3.20. The van der Waals surface area contributed by atoms with Gasteiger partial charge in [0, 0.05) is 24.0 Å². The zero-order chi connectivity index (χ0) is 18.2. The number of carbonyl (C=O) groups is 1. The average molecular weight is 342 g/mol. The second-order valence-electron chi connectivity index (χ2n) is 6.02. The van der Waals surface area contributed by atoms with Crippen molar-refractivity contribution in [2.24, 2.45) is 5.73 Å². The molecule has 0 unspecified atom stereocenters. The summed E-state index contributed by atoms with van der Waals surface area (Å²) in [6, 6.07) is 7.23. The zero-order valence-electron chi connectivity index (χ0n) is 15.0. The van der Waals surface area contributed by atoms with Gasteiger partial charge in [0.05, 0.1) is 0 Å². The van der Waals surface area contributed by atoms with Crippen LogP contribution in [0.2, 0.25) is 0 Å². The quantitative estimate of drug-likeness (QED) is 0.578. The van der Waals surface area contributed by atoms with E-state index < -0.39 is 0 Å². The molecular weight excluding hydrogens is 316 g/mol. The predicted molar refractivity (Wildman–Crippen MR) is 102 cm³/mol.